The van der Waals surface area contributed by atoms with Crippen molar-refractivity contribution in [1.29, 1.82) is 0 Å². The SMILES string of the molecule is [Cl][Ge]([Cl])([Cl])[GeH3]. The molecule has 0 aliphatic carbocycles. The first kappa shape index (κ1) is 6.96. The van der Waals surface area contributed by atoms with Crippen molar-refractivity contribution in [2.45, 2.75) is 0 Å². The first-order chi connectivity index (χ1) is 2.00. The summed E-state index contributed by atoms with van der Waals surface area (Å²) in [5.41, 5.74) is 0. The zero-order valence-electron chi connectivity index (χ0n) is 2.63. The van der Waals surface area contributed by atoms with E-state index in [1.165, 1.54) is 0 Å². The summed E-state index contributed by atoms with van der Waals surface area (Å²) < 4.78 is 0. The van der Waals surface area contributed by atoms with Gasteiger partial charge in [0.15, 0.2) is 0 Å². The Bertz CT molecular complexity index is 20.4. The maximum absolute atomic E-state index is 5.33. The summed E-state index contributed by atoms with van der Waals surface area (Å²) in [5.74, 6) is 0. The Hall–Kier alpha value is 1.96. The molecule has 0 saturated heterocycles. The Morgan fingerprint density at radius 2 is 1.20 bits per heavy atom. The van der Waals surface area contributed by atoms with Gasteiger partial charge in [0.25, 0.3) is 0 Å². The summed E-state index contributed by atoms with van der Waals surface area (Å²) in [4.78, 5) is 0. The molecule has 0 bridgehead atoms. The average Bonchev–Trinajstić information content (AvgIpc) is 0.722. The molecule has 0 radical (unpaired) electrons. The first-order valence-corrected chi connectivity index (χ1v) is 22.3. The topological polar surface area (TPSA) is 0 Å². The molecule has 0 aromatic heterocycles. The molecule has 0 heterocycles. The molecule has 0 aromatic carbocycles. The Kier molecular flexibility index (Phi) is 3.21. The van der Waals surface area contributed by atoms with E-state index in [-0.39, 0.29) is 0 Å². The normalized spacial score (nSPS) is 12.6. The van der Waals surface area contributed by atoms with Gasteiger partial charge in [-0.15, -0.1) is 0 Å². The molecule has 0 spiro atoms. The number of hydrogen-bond donors (Lipinski definition) is 0. The van der Waals surface area contributed by atoms with Gasteiger partial charge in [-0.3, -0.25) is 0 Å². The van der Waals surface area contributed by atoms with Gasteiger partial charge in [-0.1, -0.05) is 0 Å². The summed E-state index contributed by atoms with van der Waals surface area (Å²) in [6.45, 7) is 0. The second-order valence-corrected chi connectivity index (χ2v) is 55.9. The Morgan fingerprint density at radius 3 is 1.20 bits per heavy atom. The maximum atomic E-state index is 5.33. The molecule has 5 heavy (non-hydrogen) atoms. The van der Waals surface area contributed by atoms with Crippen molar-refractivity contribution in [3.8, 4) is 0 Å². The molecule has 0 fully saturated rings. The van der Waals surface area contributed by atoms with E-state index in [4.69, 9.17) is 30.0 Å². The quantitative estimate of drug-likeness (QED) is 0.553. The first-order valence-electron chi connectivity index (χ1n) is 1.07. The zero-order chi connectivity index (χ0) is 4.50. The minimum atomic E-state index is -2.40. The van der Waals surface area contributed by atoms with Gasteiger partial charge in [0.05, 0.1) is 0 Å². The predicted octanol–water partition coefficient (Wildman–Crippen LogP) is 0.504. The van der Waals surface area contributed by atoms with Crippen molar-refractivity contribution in [1.82, 2.24) is 0 Å². The minimum absolute atomic E-state index is 0.484. The van der Waals surface area contributed by atoms with Crippen molar-refractivity contribution >= 4 is 53.1 Å². The van der Waals surface area contributed by atoms with Crippen LogP contribution < -0.4 is 0 Å². The number of halogens is 3. The van der Waals surface area contributed by atoms with Gasteiger partial charge in [-0.05, 0) is 0 Å². The van der Waals surface area contributed by atoms with Crippen molar-refractivity contribution in [3.63, 3.8) is 0 Å². The van der Waals surface area contributed by atoms with E-state index in [2.05, 4.69) is 0 Å². The fourth-order valence-corrected chi connectivity index (χ4v) is 0. The van der Waals surface area contributed by atoms with Crippen molar-refractivity contribution in [2.75, 3.05) is 0 Å². The van der Waals surface area contributed by atoms with Crippen LogP contribution in [0.15, 0.2) is 0 Å². The molecule has 0 nitrogen and oxygen atoms in total. The van der Waals surface area contributed by atoms with Crippen LogP contribution in [0.4, 0.5) is 0 Å². The zero-order valence-corrected chi connectivity index (χ0v) is 11.2. The molecule has 0 aliphatic rings. The third-order valence-electron chi connectivity index (χ3n) is 0. The van der Waals surface area contributed by atoms with Gasteiger partial charge in [-0.25, -0.2) is 0 Å². The summed E-state index contributed by atoms with van der Waals surface area (Å²) in [6.07, 6.45) is 0. The summed E-state index contributed by atoms with van der Waals surface area (Å²) in [6, 6.07) is 0. The van der Waals surface area contributed by atoms with Crippen LogP contribution in [-0.4, -0.2) is 23.1 Å². The monoisotopic (exact) mass is 256 g/mol. The van der Waals surface area contributed by atoms with Gasteiger partial charge in [0.2, 0.25) is 0 Å². The van der Waals surface area contributed by atoms with Crippen LogP contribution >= 0.6 is 30.0 Å². The summed E-state index contributed by atoms with van der Waals surface area (Å²) in [5, 5.41) is 0. The number of rotatable bonds is 0. The second kappa shape index (κ2) is 2.31. The van der Waals surface area contributed by atoms with Crippen molar-refractivity contribution in [2.24, 2.45) is 0 Å². The predicted molar refractivity (Wildman–Crippen MR) is 33.3 cm³/mol. The summed E-state index contributed by atoms with van der Waals surface area (Å²) in [7, 11) is 13.6. The molecule has 0 N–H and O–H groups in total. The molecule has 0 rings (SSSR count). The fourth-order valence-electron chi connectivity index (χ4n) is 0. The number of hydrogen-bond acceptors (Lipinski definition) is 0. The van der Waals surface area contributed by atoms with Crippen LogP contribution in [0.1, 0.15) is 0 Å². The van der Waals surface area contributed by atoms with Crippen molar-refractivity contribution in [3.05, 3.63) is 0 Å². The molecular weight excluding hydrogens is 252 g/mol. The van der Waals surface area contributed by atoms with E-state index in [0.29, 0.717) is 14.5 Å². The van der Waals surface area contributed by atoms with Gasteiger partial charge >= 0.3 is 53.1 Å². The van der Waals surface area contributed by atoms with Gasteiger partial charge in [-0.2, -0.15) is 0 Å². The van der Waals surface area contributed by atoms with E-state index < -0.39 is 8.51 Å². The molecule has 0 amide bonds. The van der Waals surface area contributed by atoms with Gasteiger partial charge in [0.1, 0.15) is 0 Å². The summed E-state index contributed by atoms with van der Waals surface area (Å²) >= 11 is 0.484. The molecule has 0 unspecified atom stereocenters. The van der Waals surface area contributed by atoms with Crippen molar-refractivity contribution < 1.29 is 0 Å². The van der Waals surface area contributed by atoms with Gasteiger partial charge < -0.3 is 0 Å². The van der Waals surface area contributed by atoms with Crippen LogP contribution in [0, 0.1) is 0 Å². The van der Waals surface area contributed by atoms with Crippen LogP contribution in [0.5, 0.6) is 0 Å². The second-order valence-electron chi connectivity index (χ2n) is 0.781. The van der Waals surface area contributed by atoms with Crippen LogP contribution in [-0.2, 0) is 0 Å². The van der Waals surface area contributed by atoms with Crippen LogP contribution in [0.2, 0.25) is 0 Å². The van der Waals surface area contributed by atoms with E-state index in [9.17, 15) is 0 Å². The Morgan fingerprint density at radius 1 is 1.20 bits per heavy atom. The van der Waals surface area contributed by atoms with E-state index in [1.54, 1.807) is 0 Å². The Labute approximate surface area is 52.7 Å². The van der Waals surface area contributed by atoms with Gasteiger partial charge in [0, 0.05) is 0 Å². The third kappa shape index (κ3) is 24.4. The molecular formula is H3Cl3Ge2. The van der Waals surface area contributed by atoms with E-state index in [1.807, 2.05) is 0 Å². The molecule has 0 atom stereocenters. The van der Waals surface area contributed by atoms with Crippen LogP contribution in [0.3, 0.4) is 0 Å². The third-order valence-corrected chi connectivity index (χ3v) is 0. The van der Waals surface area contributed by atoms with E-state index in [0.717, 1.165) is 0 Å². The molecule has 5 heteroatoms. The molecule has 0 saturated carbocycles. The average molecular weight is 255 g/mol. The molecule has 32 valence electrons. The fraction of sp³-hybridized carbons (Fsp3) is 0. The Balaban J connectivity index is 3.02. The van der Waals surface area contributed by atoms with E-state index >= 15 is 0 Å². The molecule has 0 aromatic rings. The van der Waals surface area contributed by atoms with Crippen LogP contribution in [0.25, 0.3) is 0 Å². The molecule has 0 aliphatic heterocycles. The standard InChI is InChI=1S/Cl3Ge2H3/c1-5(2,3)4/h4H3.